The lowest BCUT2D eigenvalue weighted by Gasteiger charge is -2.09. The molecule has 0 aliphatic carbocycles. The van der Waals surface area contributed by atoms with E-state index in [1.54, 1.807) is 37.5 Å². The van der Waals surface area contributed by atoms with Crippen molar-refractivity contribution in [3.05, 3.63) is 82.5 Å². The van der Waals surface area contributed by atoms with Crippen LogP contribution in [-0.4, -0.2) is 20.9 Å². The topological polar surface area (TPSA) is 79.8 Å². The van der Waals surface area contributed by atoms with Gasteiger partial charge in [-0.3, -0.25) is 9.78 Å². The van der Waals surface area contributed by atoms with E-state index in [-0.39, 0.29) is 5.91 Å². The summed E-state index contributed by atoms with van der Waals surface area (Å²) in [5.74, 6) is 0.879. The third kappa shape index (κ3) is 5.00. The Balaban J connectivity index is 1.64. The van der Waals surface area contributed by atoms with Crippen LogP contribution >= 0.6 is 11.6 Å². The third-order valence-corrected chi connectivity index (χ3v) is 3.91. The Hall–Kier alpha value is -2.99. The molecule has 132 valence electrons. The average Bonchev–Trinajstić information content (AvgIpc) is 2.66. The largest absolute Gasteiger partial charge is 0.366 e. The van der Waals surface area contributed by atoms with Gasteiger partial charge >= 0.3 is 0 Å². The number of pyridine rings is 1. The molecule has 0 spiro atoms. The van der Waals surface area contributed by atoms with Crippen molar-refractivity contribution in [2.75, 3.05) is 5.32 Å². The first-order valence-corrected chi connectivity index (χ1v) is 8.49. The van der Waals surface area contributed by atoms with Crippen LogP contribution in [0.1, 0.15) is 27.4 Å². The van der Waals surface area contributed by atoms with Gasteiger partial charge in [0.1, 0.15) is 17.3 Å². The number of rotatable bonds is 6. The fourth-order valence-electron chi connectivity index (χ4n) is 2.34. The Morgan fingerprint density at radius 2 is 1.69 bits per heavy atom. The highest BCUT2D eigenvalue weighted by molar-refractivity contribution is 6.30. The lowest BCUT2D eigenvalue weighted by atomic mass is 10.2. The Morgan fingerprint density at radius 3 is 2.42 bits per heavy atom. The van der Waals surface area contributed by atoms with Crippen LogP contribution in [0.25, 0.3) is 0 Å². The van der Waals surface area contributed by atoms with Crippen LogP contribution in [0.4, 0.5) is 5.82 Å². The normalized spacial score (nSPS) is 10.4. The number of hydrogen-bond acceptors (Lipinski definition) is 5. The maximum Gasteiger partial charge on any atom is 0.270 e. The second-order valence-electron chi connectivity index (χ2n) is 5.70. The van der Waals surface area contributed by atoms with E-state index in [1.807, 2.05) is 24.3 Å². The van der Waals surface area contributed by atoms with Gasteiger partial charge in [0.05, 0.1) is 0 Å². The minimum Gasteiger partial charge on any atom is -0.366 e. The van der Waals surface area contributed by atoms with Crippen molar-refractivity contribution in [3.63, 3.8) is 0 Å². The molecular weight excluding hydrogens is 350 g/mol. The number of anilines is 1. The van der Waals surface area contributed by atoms with Crippen LogP contribution in [0, 0.1) is 6.92 Å². The SMILES string of the molecule is Cc1nc(NCc2ccncc2)cc(C(=O)NCc2ccc(Cl)cc2)n1. The minimum atomic E-state index is -0.252. The number of hydrogen-bond donors (Lipinski definition) is 2. The first kappa shape index (κ1) is 17.8. The van der Waals surface area contributed by atoms with Gasteiger partial charge in [0.15, 0.2) is 0 Å². The number of nitrogens with one attached hydrogen (secondary N) is 2. The van der Waals surface area contributed by atoms with E-state index in [0.717, 1.165) is 11.1 Å². The molecular formula is C19H18ClN5O. The number of halogens is 1. The summed E-state index contributed by atoms with van der Waals surface area (Å²) in [6.07, 6.45) is 3.47. The second kappa shape index (κ2) is 8.40. The first-order valence-electron chi connectivity index (χ1n) is 8.11. The molecule has 0 atom stereocenters. The smallest absolute Gasteiger partial charge is 0.270 e. The number of aryl methyl sites for hydroxylation is 1. The highest BCUT2D eigenvalue weighted by atomic mass is 35.5. The Labute approximate surface area is 156 Å². The van der Waals surface area contributed by atoms with E-state index < -0.39 is 0 Å². The Morgan fingerprint density at radius 1 is 1.00 bits per heavy atom. The number of carbonyl (C=O) groups is 1. The van der Waals surface area contributed by atoms with Crippen molar-refractivity contribution < 1.29 is 4.79 Å². The number of aromatic nitrogens is 3. The molecule has 0 aliphatic rings. The molecule has 0 fully saturated rings. The van der Waals surface area contributed by atoms with Gasteiger partial charge < -0.3 is 10.6 Å². The van der Waals surface area contributed by atoms with Crippen molar-refractivity contribution >= 4 is 23.3 Å². The zero-order valence-corrected chi connectivity index (χ0v) is 15.0. The van der Waals surface area contributed by atoms with E-state index in [9.17, 15) is 4.79 Å². The fourth-order valence-corrected chi connectivity index (χ4v) is 2.47. The zero-order chi connectivity index (χ0) is 18.4. The Bertz CT molecular complexity index is 884. The summed E-state index contributed by atoms with van der Waals surface area (Å²) in [6.45, 7) is 2.75. The van der Waals surface area contributed by atoms with Gasteiger partial charge in [-0.25, -0.2) is 9.97 Å². The van der Waals surface area contributed by atoms with Crippen LogP contribution in [-0.2, 0) is 13.1 Å². The van der Waals surface area contributed by atoms with Gasteiger partial charge in [0, 0.05) is 36.6 Å². The molecule has 1 amide bonds. The molecule has 1 aromatic carbocycles. The molecule has 3 aromatic rings. The van der Waals surface area contributed by atoms with Gasteiger partial charge in [0.2, 0.25) is 0 Å². The lowest BCUT2D eigenvalue weighted by Crippen LogP contribution is -2.24. The van der Waals surface area contributed by atoms with Crippen LogP contribution in [0.5, 0.6) is 0 Å². The summed E-state index contributed by atoms with van der Waals surface area (Å²) in [4.78, 5) is 24.9. The molecule has 0 unspecified atom stereocenters. The monoisotopic (exact) mass is 367 g/mol. The highest BCUT2D eigenvalue weighted by Crippen LogP contribution is 2.11. The van der Waals surface area contributed by atoms with E-state index in [1.165, 1.54) is 0 Å². The van der Waals surface area contributed by atoms with E-state index in [0.29, 0.717) is 35.4 Å². The Kier molecular flexibility index (Phi) is 5.76. The number of carbonyl (C=O) groups excluding carboxylic acids is 1. The number of nitrogens with zero attached hydrogens (tertiary/aromatic N) is 3. The quantitative estimate of drug-likeness (QED) is 0.698. The molecule has 0 radical (unpaired) electrons. The molecule has 2 heterocycles. The summed E-state index contributed by atoms with van der Waals surface area (Å²) in [7, 11) is 0. The molecule has 6 nitrogen and oxygen atoms in total. The number of amides is 1. The summed E-state index contributed by atoms with van der Waals surface area (Å²) in [5.41, 5.74) is 2.36. The summed E-state index contributed by atoms with van der Waals surface area (Å²) >= 11 is 5.86. The van der Waals surface area contributed by atoms with Gasteiger partial charge in [-0.1, -0.05) is 23.7 Å². The van der Waals surface area contributed by atoms with Gasteiger partial charge in [-0.05, 0) is 42.3 Å². The molecule has 0 bridgehead atoms. The number of benzene rings is 1. The zero-order valence-electron chi connectivity index (χ0n) is 14.2. The molecule has 2 N–H and O–H groups in total. The van der Waals surface area contributed by atoms with Crippen molar-refractivity contribution in [3.8, 4) is 0 Å². The van der Waals surface area contributed by atoms with E-state index in [2.05, 4.69) is 25.6 Å². The molecule has 0 aliphatic heterocycles. The standard InChI is InChI=1S/C19H18ClN5O/c1-13-24-17(19(26)23-12-14-2-4-16(20)5-3-14)10-18(25-13)22-11-15-6-8-21-9-7-15/h2-10H,11-12H2,1H3,(H,23,26)(H,22,24,25). The van der Waals surface area contributed by atoms with Crippen LogP contribution in [0.3, 0.4) is 0 Å². The molecule has 0 saturated heterocycles. The third-order valence-electron chi connectivity index (χ3n) is 3.66. The maximum absolute atomic E-state index is 12.4. The van der Waals surface area contributed by atoms with Crippen molar-refractivity contribution in [2.45, 2.75) is 20.0 Å². The fraction of sp³-hybridized carbons (Fsp3) is 0.158. The van der Waals surface area contributed by atoms with Gasteiger partial charge in [-0.2, -0.15) is 0 Å². The van der Waals surface area contributed by atoms with Crippen LogP contribution < -0.4 is 10.6 Å². The van der Waals surface area contributed by atoms with Crippen molar-refractivity contribution in [1.82, 2.24) is 20.3 Å². The van der Waals surface area contributed by atoms with Gasteiger partial charge in [-0.15, -0.1) is 0 Å². The molecule has 0 saturated carbocycles. The molecule has 3 rings (SSSR count). The van der Waals surface area contributed by atoms with E-state index >= 15 is 0 Å². The summed E-state index contributed by atoms with van der Waals surface area (Å²) in [5, 5.41) is 6.72. The highest BCUT2D eigenvalue weighted by Gasteiger charge is 2.10. The van der Waals surface area contributed by atoms with Crippen molar-refractivity contribution in [1.29, 1.82) is 0 Å². The maximum atomic E-state index is 12.4. The minimum absolute atomic E-state index is 0.252. The summed E-state index contributed by atoms with van der Waals surface area (Å²) in [6, 6.07) is 12.8. The van der Waals surface area contributed by atoms with Gasteiger partial charge in [0.25, 0.3) is 5.91 Å². The van der Waals surface area contributed by atoms with Crippen molar-refractivity contribution in [2.24, 2.45) is 0 Å². The van der Waals surface area contributed by atoms with Crippen LogP contribution in [0.15, 0.2) is 54.9 Å². The van der Waals surface area contributed by atoms with E-state index in [4.69, 9.17) is 11.6 Å². The predicted octanol–water partition coefficient (Wildman–Crippen LogP) is 3.38. The average molecular weight is 368 g/mol. The predicted molar refractivity (Wildman–Crippen MR) is 101 cm³/mol. The van der Waals surface area contributed by atoms with Crippen LogP contribution in [0.2, 0.25) is 5.02 Å². The second-order valence-corrected chi connectivity index (χ2v) is 6.14. The summed E-state index contributed by atoms with van der Waals surface area (Å²) < 4.78 is 0. The molecule has 7 heteroatoms. The first-order chi connectivity index (χ1) is 12.6. The molecule has 26 heavy (non-hydrogen) atoms. The lowest BCUT2D eigenvalue weighted by molar-refractivity contribution is 0.0945. The molecule has 2 aromatic heterocycles.